The summed E-state index contributed by atoms with van der Waals surface area (Å²) in [6.07, 6.45) is 1.42. The van der Waals surface area contributed by atoms with Crippen LogP contribution in [-0.4, -0.2) is 89.7 Å². The normalized spacial score (nSPS) is 17.0. The number of ether oxygens (including phenoxy) is 1. The summed E-state index contributed by atoms with van der Waals surface area (Å²) in [4.78, 5) is 27.6. The fraction of sp³-hybridized carbons (Fsp3) is 0.500. The number of likely N-dealkylation sites (tertiary alicyclic amines) is 1. The Morgan fingerprint density at radius 3 is 2.46 bits per heavy atom. The van der Waals surface area contributed by atoms with Crippen LogP contribution in [0, 0.1) is 5.92 Å². The molecule has 13 heteroatoms. The quantitative estimate of drug-likeness (QED) is 0.380. The van der Waals surface area contributed by atoms with Crippen molar-refractivity contribution in [3.63, 3.8) is 0 Å². The fourth-order valence-corrected chi connectivity index (χ4v) is 5.21. The molecule has 3 aromatic rings. The molecule has 1 aromatic carbocycles. The van der Waals surface area contributed by atoms with Gasteiger partial charge in [-0.2, -0.15) is 4.98 Å². The second kappa shape index (κ2) is 13.2. The summed E-state index contributed by atoms with van der Waals surface area (Å²) in [6.45, 7) is 5.86. The van der Waals surface area contributed by atoms with Crippen LogP contribution in [0.3, 0.4) is 0 Å². The summed E-state index contributed by atoms with van der Waals surface area (Å²) in [6, 6.07) is 11.6. The van der Waals surface area contributed by atoms with E-state index in [2.05, 4.69) is 36.1 Å². The number of benzene rings is 1. The average Bonchev–Trinajstić information content (AvgIpc) is 3.47. The van der Waals surface area contributed by atoms with Crippen molar-refractivity contribution in [2.45, 2.75) is 32.0 Å². The summed E-state index contributed by atoms with van der Waals surface area (Å²) in [5.74, 6) is 0.624. The SMILES string of the molecule is O=C(NCCCN1CCC(Cc2ccccn2)CC1)N1CCN(c2nc(-c3ccc(OC(F)(F)F)cc3)no2)CC1. The molecule has 0 aliphatic carbocycles. The van der Waals surface area contributed by atoms with Crippen molar-refractivity contribution in [2.24, 2.45) is 5.92 Å². The van der Waals surface area contributed by atoms with Gasteiger partial charge in [-0.3, -0.25) is 4.98 Å². The van der Waals surface area contributed by atoms with Crippen LogP contribution in [-0.2, 0) is 6.42 Å². The number of hydrogen-bond donors (Lipinski definition) is 1. The van der Waals surface area contributed by atoms with E-state index in [0.29, 0.717) is 50.2 Å². The number of piperazine rings is 1. The van der Waals surface area contributed by atoms with Crippen molar-refractivity contribution in [3.05, 3.63) is 54.4 Å². The van der Waals surface area contributed by atoms with E-state index in [9.17, 15) is 18.0 Å². The van der Waals surface area contributed by atoms with Gasteiger partial charge in [0, 0.05) is 50.2 Å². The number of anilines is 1. The van der Waals surface area contributed by atoms with Gasteiger partial charge in [0.1, 0.15) is 5.75 Å². The number of rotatable bonds is 9. The third-order valence-electron chi connectivity index (χ3n) is 7.46. The fourth-order valence-electron chi connectivity index (χ4n) is 5.21. The number of carbonyl (C=O) groups is 1. The predicted octanol–water partition coefficient (Wildman–Crippen LogP) is 4.21. The van der Waals surface area contributed by atoms with E-state index in [0.717, 1.165) is 32.5 Å². The maximum atomic E-state index is 12.7. The Hall–Kier alpha value is -3.87. The van der Waals surface area contributed by atoms with Gasteiger partial charge in [0.2, 0.25) is 5.82 Å². The Morgan fingerprint density at radius 1 is 1.02 bits per heavy atom. The monoisotopic (exact) mass is 573 g/mol. The lowest BCUT2D eigenvalue weighted by Crippen LogP contribution is -2.52. The zero-order valence-corrected chi connectivity index (χ0v) is 22.7. The summed E-state index contributed by atoms with van der Waals surface area (Å²) < 4.78 is 46.3. The van der Waals surface area contributed by atoms with Crippen LogP contribution in [0.5, 0.6) is 5.75 Å². The zero-order valence-electron chi connectivity index (χ0n) is 22.7. The molecule has 220 valence electrons. The van der Waals surface area contributed by atoms with Crippen LogP contribution in [0.2, 0.25) is 0 Å². The van der Waals surface area contributed by atoms with Crippen LogP contribution in [0.4, 0.5) is 24.0 Å². The molecule has 10 nitrogen and oxygen atoms in total. The lowest BCUT2D eigenvalue weighted by atomic mass is 9.92. The van der Waals surface area contributed by atoms with Crippen molar-refractivity contribution in [3.8, 4) is 17.1 Å². The molecular weight excluding hydrogens is 539 g/mol. The molecule has 0 spiro atoms. The Bertz CT molecular complexity index is 1240. The minimum Gasteiger partial charge on any atom is -0.406 e. The van der Waals surface area contributed by atoms with E-state index in [1.807, 2.05) is 23.2 Å². The predicted molar refractivity (Wildman–Crippen MR) is 145 cm³/mol. The number of aromatic nitrogens is 3. The number of hydrogen-bond acceptors (Lipinski definition) is 8. The minimum absolute atomic E-state index is 0.0777. The number of halogens is 3. The topological polar surface area (TPSA) is 99.9 Å². The van der Waals surface area contributed by atoms with Crippen LogP contribution in [0.1, 0.15) is 25.0 Å². The smallest absolute Gasteiger partial charge is 0.406 e. The van der Waals surface area contributed by atoms with E-state index in [4.69, 9.17) is 4.52 Å². The highest BCUT2D eigenvalue weighted by molar-refractivity contribution is 5.74. The molecular formula is C28H34F3N7O3. The first-order valence-electron chi connectivity index (χ1n) is 13.9. The molecule has 1 N–H and O–H groups in total. The first kappa shape index (κ1) is 28.7. The summed E-state index contributed by atoms with van der Waals surface area (Å²) in [5.41, 5.74) is 1.67. The van der Waals surface area contributed by atoms with Crippen molar-refractivity contribution in [1.29, 1.82) is 0 Å². The lowest BCUT2D eigenvalue weighted by molar-refractivity contribution is -0.274. The first-order valence-corrected chi connectivity index (χ1v) is 13.9. The molecule has 2 amide bonds. The van der Waals surface area contributed by atoms with Gasteiger partial charge in [0.25, 0.3) is 0 Å². The van der Waals surface area contributed by atoms with Crippen LogP contribution < -0.4 is 15.0 Å². The van der Waals surface area contributed by atoms with Gasteiger partial charge in [-0.1, -0.05) is 11.2 Å². The molecule has 5 rings (SSSR count). The molecule has 0 saturated carbocycles. The van der Waals surface area contributed by atoms with Gasteiger partial charge in [0.05, 0.1) is 0 Å². The molecule has 0 atom stereocenters. The molecule has 0 bridgehead atoms. The Morgan fingerprint density at radius 2 is 1.78 bits per heavy atom. The molecule has 2 aliphatic heterocycles. The van der Waals surface area contributed by atoms with E-state index in [-0.39, 0.29) is 17.6 Å². The highest BCUT2D eigenvalue weighted by Gasteiger charge is 2.31. The van der Waals surface area contributed by atoms with Gasteiger partial charge >= 0.3 is 18.4 Å². The van der Waals surface area contributed by atoms with Crippen LogP contribution >= 0.6 is 0 Å². The van der Waals surface area contributed by atoms with Gasteiger partial charge in [0.15, 0.2) is 0 Å². The number of piperidine rings is 1. The summed E-state index contributed by atoms with van der Waals surface area (Å²) in [5, 5.41) is 6.97. The average molecular weight is 574 g/mol. The third kappa shape index (κ3) is 8.32. The highest BCUT2D eigenvalue weighted by Crippen LogP contribution is 2.27. The Labute approximate surface area is 236 Å². The van der Waals surface area contributed by atoms with E-state index >= 15 is 0 Å². The number of urea groups is 1. The number of carbonyl (C=O) groups excluding carboxylic acids is 1. The summed E-state index contributed by atoms with van der Waals surface area (Å²) >= 11 is 0. The number of alkyl halides is 3. The molecule has 41 heavy (non-hydrogen) atoms. The molecule has 0 unspecified atom stereocenters. The second-order valence-electron chi connectivity index (χ2n) is 10.3. The number of nitrogens with one attached hydrogen (secondary N) is 1. The maximum Gasteiger partial charge on any atom is 0.573 e. The Balaban J connectivity index is 0.976. The number of amides is 2. The van der Waals surface area contributed by atoms with Crippen molar-refractivity contribution in [1.82, 2.24) is 30.2 Å². The van der Waals surface area contributed by atoms with E-state index < -0.39 is 6.36 Å². The third-order valence-corrected chi connectivity index (χ3v) is 7.46. The van der Waals surface area contributed by atoms with E-state index in [1.54, 1.807) is 4.90 Å². The molecule has 2 saturated heterocycles. The molecule has 2 aromatic heterocycles. The maximum absolute atomic E-state index is 12.7. The first-order chi connectivity index (χ1) is 19.8. The van der Waals surface area contributed by atoms with E-state index in [1.165, 1.54) is 42.8 Å². The van der Waals surface area contributed by atoms with Crippen molar-refractivity contribution >= 4 is 12.0 Å². The second-order valence-corrected chi connectivity index (χ2v) is 10.3. The number of nitrogens with zero attached hydrogens (tertiary/aromatic N) is 6. The minimum atomic E-state index is -4.75. The van der Waals surface area contributed by atoms with Crippen molar-refractivity contribution < 1.29 is 27.2 Å². The zero-order chi connectivity index (χ0) is 28.7. The highest BCUT2D eigenvalue weighted by atomic mass is 19.4. The van der Waals surface area contributed by atoms with Gasteiger partial charge < -0.3 is 29.3 Å². The largest absolute Gasteiger partial charge is 0.573 e. The molecule has 2 fully saturated rings. The standard InChI is InChI=1S/C28H34F3N7O3/c29-28(30,31)40-24-7-5-22(6-8-24)25-34-27(41-35-25)38-18-16-37(17-19-38)26(39)33-12-3-13-36-14-9-21(10-15-36)20-23-4-1-2-11-32-23/h1-2,4-8,11,21H,3,9-10,12-20H2,(H,33,39). The lowest BCUT2D eigenvalue weighted by Gasteiger charge is -2.34. The number of pyridine rings is 1. The van der Waals surface area contributed by atoms with Gasteiger partial charge in [-0.15, -0.1) is 13.2 Å². The van der Waals surface area contributed by atoms with Gasteiger partial charge in [-0.05, 0) is 87.6 Å². The van der Waals surface area contributed by atoms with Crippen LogP contribution in [0.15, 0.2) is 53.2 Å². The Kier molecular flexibility index (Phi) is 9.22. The van der Waals surface area contributed by atoms with Gasteiger partial charge in [-0.25, -0.2) is 4.79 Å². The molecule has 0 radical (unpaired) electrons. The molecule has 2 aliphatic rings. The summed E-state index contributed by atoms with van der Waals surface area (Å²) in [7, 11) is 0. The van der Waals surface area contributed by atoms with Crippen LogP contribution in [0.25, 0.3) is 11.4 Å². The molecule has 4 heterocycles. The van der Waals surface area contributed by atoms with Crippen molar-refractivity contribution in [2.75, 3.05) is 57.3 Å².